The van der Waals surface area contributed by atoms with Gasteiger partial charge in [-0.05, 0) is 38.1 Å². The Balaban J connectivity index is 1.75. The number of hydrogen-bond acceptors (Lipinski definition) is 6. The lowest BCUT2D eigenvalue weighted by molar-refractivity contribution is -0.126. The first-order chi connectivity index (χ1) is 12.3. The molecule has 0 aliphatic heterocycles. The van der Waals surface area contributed by atoms with Crippen molar-refractivity contribution >= 4 is 69.1 Å². The van der Waals surface area contributed by atoms with Gasteiger partial charge in [0.05, 0.1) is 29.9 Å². The molecule has 0 aliphatic carbocycles. The zero-order valence-electron chi connectivity index (χ0n) is 14.0. The Hall–Kier alpha value is -1.74. The third kappa shape index (κ3) is 6.53. The fourth-order valence-corrected chi connectivity index (χ4v) is 3.73. The molecule has 6 nitrogen and oxygen atoms in total. The van der Waals surface area contributed by atoms with Gasteiger partial charge < -0.3 is 0 Å². The second kappa shape index (κ2) is 9.82. The molecule has 0 aromatic carbocycles. The topological polar surface area (TPSA) is 82.9 Å². The summed E-state index contributed by atoms with van der Waals surface area (Å²) in [6.45, 7) is 3.53. The number of thiophene rings is 2. The van der Waals surface area contributed by atoms with Crippen LogP contribution in [0.15, 0.2) is 34.5 Å². The van der Waals surface area contributed by atoms with E-state index in [-0.39, 0.29) is 24.7 Å². The first-order valence-electron chi connectivity index (χ1n) is 7.53. The average molecular weight is 431 g/mol. The van der Waals surface area contributed by atoms with Gasteiger partial charge in [-0.25, -0.2) is 10.9 Å². The molecule has 0 atom stereocenters. The molecule has 0 unspecified atom stereocenters. The maximum absolute atomic E-state index is 11.8. The van der Waals surface area contributed by atoms with E-state index in [1.807, 2.05) is 12.1 Å². The molecular weight excluding hydrogens is 415 g/mol. The highest BCUT2D eigenvalue weighted by molar-refractivity contribution is 7.18. The van der Waals surface area contributed by atoms with Gasteiger partial charge in [-0.1, -0.05) is 23.2 Å². The monoisotopic (exact) mass is 430 g/mol. The van der Waals surface area contributed by atoms with Gasteiger partial charge in [-0.2, -0.15) is 10.2 Å². The van der Waals surface area contributed by atoms with Crippen LogP contribution < -0.4 is 10.9 Å². The molecule has 0 spiro atoms. The summed E-state index contributed by atoms with van der Waals surface area (Å²) in [5.74, 6) is -0.708. The molecule has 2 aromatic rings. The number of hydrazone groups is 2. The van der Waals surface area contributed by atoms with E-state index >= 15 is 0 Å². The number of amides is 2. The van der Waals surface area contributed by atoms with Crippen LogP contribution in [0.1, 0.15) is 36.4 Å². The maximum atomic E-state index is 11.8. The van der Waals surface area contributed by atoms with Crippen molar-refractivity contribution in [2.45, 2.75) is 26.7 Å². The number of rotatable bonds is 7. The van der Waals surface area contributed by atoms with E-state index in [1.54, 1.807) is 26.0 Å². The molecule has 0 saturated carbocycles. The number of carbonyl (C=O) groups is 2. The zero-order valence-corrected chi connectivity index (χ0v) is 17.2. The second-order valence-electron chi connectivity index (χ2n) is 5.17. The summed E-state index contributed by atoms with van der Waals surface area (Å²) in [5, 5.41) is 8.00. The molecule has 2 heterocycles. The average Bonchev–Trinajstić information content (AvgIpc) is 3.24. The summed E-state index contributed by atoms with van der Waals surface area (Å²) in [4.78, 5) is 25.3. The summed E-state index contributed by atoms with van der Waals surface area (Å²) in [7, 11) is 0. The highest BCUT2D eigenvalue weighted by atomic mass is 35.5. The van der Waals surface area contributed by atoms with Crippen LogP contribution in [0, 0.1) is 0 Å². The Labute approximate surface area is 168 Å². The first-order valence-corrected chi connectivity index (χ1v) is 9.91. The van der Waals surface area contributed by atoms with Crippen LogP contribution in [-0.2, 0) is 9.59 Å². The number of carbonyl (C=O) groups excluding carboxylic acids is 2. The Morgan fingerprint density at radius 1 is 0.846 bits per heavy atom. The molecule has 2 amide bonds. The summed E-state index contributed by atoms with van der Waals surface area (Å²) >= 11 is 14.5. The molecule has 10 heteroatoms. The molecular formula is C16H16Cl2N4O2S2. The summed E-state index contributed by atoms with van der Waals surface area (Å²) < 4.78 is 1.30. The van der Waals surface area contributed by atoms with E-state index in [1.165, 1.54) is 22.7 Å². The normalized spacial score (nSPS) is 12.2. The van der Waals surface area contributed by atoms with Crippen molar-refractivity contribution in [3.8, 4) is 0 Å². The van der Waals surface area contributed by atoms with Gasteiger partial charge in [0.1, 0.15) is 0 Å². The molecule has 2 rings (SSSR count). The van der Waals surface area contributed by atoms with Crippen LogP contribution in [0.4, 0.5) is 0 Å². The first kappa shape index (κ1) is 20.6. The van der Waals surface area contributed by atoms with Crippen LogP contribution in [0.2, 0.25) is 8.67 Å². The van der Waals surface area contributed by atoms with E-state index in [0.29, 0.717) is 20.1 Å². The van der Waals surface area contributed by atoms with Gasteiger partial charge in [0, 0.05) is 12.8 Å². The van der Waals surface area contributed by atoms with Crippen molar-refractivity contribution in [3.05, 3.63) is 42.7 Å². The predicted molar refractivity (Wildman–Crippen MR) is 109 cm³/mol. The molecule has 0 bridgehead atoms. The van der Waals surface area contributed by atoms with Crippen LogP contribution in [0.25, 0.3) is 0 Å². The Morgan fingerprint density at radius 2 is 1.23 bits per heavy atom. The Kier molecular flexibility index (Phi) is 7.77. The van der Waals surface area contributed by atoms with E-state index in [2.05, 4.69) is 21.1 Å². The second-order valence-corrected chi connectivity index (χ2v) is 8.60. The van der Waals surface area contributed by atoms with Crippen molar-refractivity contribution in [2.75, 3.05) is 0 Å². The zero-order chi connectivity index (χ0) is 19.1. The number of nitrogens with one attached hydrogen (secondary N) is 2. The molecule has 0 saturated heterocycles. The van der Waals surface area contributed by atoms with Crippen molar-refractivity contribution in [1.29, 1.82) is 0 Å². The highest BCUT2D eigenvalue weighted by Gasteiger charge is 2.08. The van der Waals surface area contributed by atoms with Gasteiger partial charge in [-0.3, -0.25) is 9.59 Å². The largest absolute Gasteiger partial charge is 0.273 e. The van der Waals surface area contributed by atoms with Crippen LogP contribution in [0.5, 0.6) is 0 Å². The number of halogens is 2. The van der Waals surface area contributed by atoms with Crippen molar-refractivity contribution in [3.63, 3.8) is 0 Å². The van der Waals surface area contributed by atoms with Crippen LogP contribution >= 0.6 is 45.9 Å². The molecule has 0 aliphatic rings. The Morgan fingerprint density at radius 3 is 1.54 bits per heavy atom. The summed E-state index contributed by atoms with van der Waals surface area (Å²) in [6.07, 6.45) is 0.0143. The van der Waals surface area contributed by atoms with Gasteiger partial charge >= 0.3 is 0 Å². The Bertz CT molecular complexity index is 788. The van der Waals surface area contributed by atoms with Crippen molar-refractivity contribution in [1.82, 2.24) is 10.9 Å². The van der Waals surface area contributed by atoms with Gasteiger partial charge in [0.15, 0.2) is 0 Å². The fourth-order valence-electron chi connectivity index (χ4n) is 1.76. The van der Waals surface area contributed by atoms with E-state index in [9.17, 15) is 9.59 Å². The van der Waals surface area contributed by atoms with Gasteiger partial charge in [0.2, 0.25) is 11.8 Å². The minimum Gasteiger partial charge on any atom is -0.273 e. The maximum Gasteiger partial charge on any atom is 0.240 e. The lowest BCUT2D eigenvalue weighted by Gasteiger charge is -2.02. The summed E-state index contributed by atoms with van der Waals surface area (Å²) in [6, 6.07) is 7.18. The molecule has 26 heavy (non-hydrogen) atoms. The van der Waals surface area contributed by atoms with E-state index < -0.39 is 0 Å². The fraction of sp³-hybridized carbons (Fsp3) is 0.250. The molecule has 138 valence electrons. The van der Waals surface area contributed by atoms with Crippen LogP contribution in [0.3, 0.4) is 0 Å². The van der Waals surface area contributed by atoms with Gasteiger partial charge in [-0.15, -0.1) is 22.7 Å². The van der Waals surface area contributed by atoms with Crippen molar-refractivity contribution < 1.29 is 9.59 Å². The standard InChI is InChI=1S/C16H16Cl2N4O2S2/c1-9(11-3-5-13(17)25-11)19-21-15(23)7-8-16(24)22-20-10(2)12-4-6-14(18)26-12/h3-6H,7-8H2,1-2H3,(H,21,23)(H,22,24)/b19-9+,20-10+. The molecule has 0 radical (unpaired) electrons. The summed E-state index contributed by atoms with van der Waals surface area (Å²) in [5.41, 5.74) is 6.14. The minimum absolute atomic E-state index is 0.00715. The smallest absolute Gasteiger partial charge is 0.240 e. The third-order valence-electron chi connectivity index (χ3n) is 3.14. The molecule has 2 N–H and O–H groups in total. The minimum atomic E-state index is -0.354. The van der Waals surface area contributed by atoms with Gasteiger partial charge in [0.25, 0.3) is 0 Å². The third-order valence-corrected chi connectivity index (χ3v) is 5.82. The molecule has 0 fully saturated rings. The highest BCUT2D eigenvalue weighted by Crippen LogP contribution is 2.22. The number of hydrogen-bond donors (Lipinski definition) is 2. The number of nitrogens with zero attached hydrogens (tertiary/aromatic N) is 2. The van der Waals surface area contributed by atoms with Crippen molar-refractivity contribution in [2.24, 2.45) is 10.2 Å². The van der Waals surface area contributed by atoms with E-state index in [0.717, 1.165) is 9.75 Å². The lowest BCUT2D eigenvalue weighted by atomic mass is 10.3. The quantitative estimate of drug-likeness (QED) is 0.507. The molecule has 2 aromatic heterocycles. The van der Waals surface area contributed by atoms with Crippen LogP contribution in [-0.4, -0.2) is 23.2 Å². The lowest BCUT2D eigenvalue weighted by Crippen LogP contribution is -2.24. The SMILES string of the molecule is C/C(=N\NC(=O)CCC(=O)N/N=C(\C)c1ccc(Cl)s1)c1ccc(Cl)s1. The van der Waals surface area contributed by atoms with E-state index in [4.69, 9.17) is 23.2 Å². The predicted octanol–water partition coefficient (Wildman–Crippen LogP) is 4.28.